The number of carboxylic acids is 1. The number of rotatable bonds is 5. The molecule has 0 bridgehead atoms. The average molecular weight is 285 g/mol. The van der Waals surface area contributed by atoms with Crippen LogP contribution in [0.2, 0.25) is 0 Å². The summed E-state index contributed by atoms with van der Waals surface area (Å²) < 4.78 is 0. The summed E-state index contributed by atoms with van der Waals surface area (Å²) in [7, 11) is 1.63. The minimum atomic E-state index is -0.923. The number of likely N-dealkylation sites (N-methyl/N-ethyl adjacent to an activating group) is 1. The van der Waals surface area contributed by atoms with Crippen LogP contribution in [-0.2, 0) is 9.59 Å². The van der Waals surface area contributed by atoms with Gasteiger partial charge in [0.2, 0.25) is 5.91 Å². The van der Waals surface area contributed by atoms with Gasteiger partial charge in [0, 0.05) is 13.5 Å². The third-order valence-corrected chi connectivity index (χ3v) is 4.67. The Morgan fingerprint density at radius 2 is 1.65 bits per heavy atom. The summed E-state index contributed by atoms with van der Waals surface area (Å²) in [6.07, 6.45) is 4.99. The van der Waals surface area contributed by atoms with E-state index in [0.717, 1.165) is 25.7 Å². The van der Waals surface area contributed by atoms with Crippen molar-refractivity contribution in [3.8, 4) is 0 Å². The largest absolute Gasteiger partial charge is 0.481 e. The molecule has 1 rings (SSSR count). The van der Waals surface area contributed by atoms with E-state index in [1.54, 1.807) is 20.9 Å². The molecular weight excluding hydrogens is 258 g/mol. The van der Waals surface area contributed by atoms with Crippen molar-refractivity contribution in [2.75, 3.05) is 13.7 Å². The zero-order valence-electron chi connectivity index (χ0n) is 12.8. The number of hydrogen-bond acceptors (Lipinski definition) is 3. The molecule has 1 aliphatic rings. The molecule has 0 spiro atoms. The number of carboxylic acid groups (broad SMARTS) is 1. The molecule has 20 heavy (non-hydrogen) atoms. The summed E-state index contributed by atoms with van der Waals surface area (Å²) in [5, 5.41) is 18.9. The van der Waals surface area contributed by atoms with Crippen LogP contribution in [0.1, 0.15) is 58.8 Å². The molecule has 5 heteroatoms. The Kier molecular flexibility index (Phi) is 5.57. The first kappa shape index (κ1) is 17.0. The van der Waals surface area contributed by atoms with Gasteiger partial charge in [0.25, 0.3) is 0 Å². The third-order valence-electron chi connectivity index (χ3n) is 4.67. The Morgan fingerprint density at radius 3 is 2.05 bits per heavy atom. The Hall–Kier alpha value is -1.10. The van der Waals surface area contributed by atoms with Gasteiger partial charge in [0.05, 0.1) is 17.6 Å². The van der Waals surface area contributed by atoms with Crippen LogP contribution in [0.25, 0.3) is 0 Å². The fourth-order valence-corrected chi connectivity index (χ4v) is 2.72. The van der Waals surface area contributed by atoms with Crippen LogP contribution in [0.4, 0.5) is 0 Å². The molecule has 0 heterocycles. The van der Waals surface area contributed by atoms with Gasteiger partial charge in [0.15, 0.2) is 0 Å². The maximum absolute atomic E-state index is 12.4. The minimum Gasteiger partial charge on any atom is -0.481 e. The van der Waals surface area contributed by atoms with Crippen LogP contribution < -0.4 is 0 Å². The monoisotopic (exact) mass is 285 g/mol. The van der Waals surface area contributed by atoms with Crippen molar-refractivity contribution in [1.29, 1.82) is 0 Å². The zero-order chi connectivity index (χ0) is 15.4. The predicted molar refractivity (Wildman–Crippen MR) is 76.3 cm³/mol. The number of nitrogens with zero attached hydrogens (tertiary/aromatic N) is 1. The van der Waals surface area contributed by atoms with E-state index in [4.69, 9.17) is 0 Å². The molecule has 1 saturated carbocycles. The Bertz CT molecular complexity index is 357. The number of aliphatic hydroxyl groups excluding tert-OH is 1. The van der Waals surface area contributed by atoms with Crippen LogP contribution in [0.15, 0.2) is 0 Å². The summed E-state index contributed by atoms with van der Waals surface area (Å²) >= 11 is 0. The molecule has 0 aromatic heterocycles. The first-order valence-electron chi connectivity index (χ1n) is 7.36. The molecule has 1 aliphatic carbocycles. The van der Waals surface area contributed by atoms with E-state index in [1.807, 2.05) is 0 Å². The van der Waals surface area contributed by atoms with Crippen molar-refractivity contribution in [3.05, 3.63) is 0 Å². The summed E-state index contributed by atoms with van der Waals surface area (Å²) in [6, 6.07) is 0. The SMILES string of the molecule is CN(C(=O)CC1(C(=O)O)CCCCCC1)C(C)(C)CO. The Balaban J connectivity index is 2.85. The molecule has 0 atom stereocenters. The summed E-state index contributed by atoms with van der Waals surface area (Å²) in [6.45, 7) is 3.40. The van der Waals surface area contributed by atoms with Crippen LogP contribution >= 0.6 is 0 Å². The number of hydrogen-bond donors (Lipinski definition) is 2. The van der Waals surface area contributed by atoms with E-state index in [9.17, 15) is 19.8 Å². The molecule has 0 aromatic carbocycles. The van der Waals surface area contributed by atoms with Gasteiger partial charge in [-0.2, -0.15) is 0 Å². The fourth-order valence-electron chi connectivity index (χ4n) is 2.72. The molecule has 5 nitrogen and oxygen atoms in total. The molecule has 0 saturated heterocycles. The lowest BCUT2D eigenvalue weighted by atomic mass is 9.77. The van der Waals surface area contributed by atoms with Gasteiger partial charge in [-0.05, 0) is 26.7 Å². The number of aliphatic hydroxyl groups is 1. The highest BCUT2D eigenvalue weighted by Gasteiger charge is 2.42. The van der Waals surface area contributed by atoms with E-state index in [2.05, 4.69) is 0 Å². The fraction of sp³-hybridized carbons (Fsp3) is 0.867. The predicted octanol–water partition coefficient (Wildman–Crippen LogP) is 2.03. The van der Waals surface area contributed by atoms with E-state index < -0.39 is 16.9 Å². The van der Waals surface area contributed by atoms with Gasteiger partial charge < -0.3 is 15.1 Å². The number of carbonyl (C=O) groups excluding carboxylic acids is 1. The van der Waals surface area contributed by atoms with E-state index in [1.165, 1.54) is 4.90 Å². The quantitative estimate of drug-likeness (QED) is 0.758. The van der Waals surface area contributed by atoms with Crippen molar-refractivity contribution in [3.63, 3.8) is 0 Å². The van der Waals surface area contributed by atoms with Gasteiger partial charge in [0.1, 0.15) is 0 Å². The maximum atomic E-state index is 12.4. The molecule has 0 unspecified atom stereocenters. The second kappa shape index (κ2) is 6.57. The van der Waals surface area contributed by atoms with Crippen molar-refractivity contribution in [2.24, 2.45) is 5.41 Å². The minimum absolute atomic E-state index is 0.0300. The molecule has 1 fully saturated rings. The van der Waals surface area contributed by atoms with Gasteiger partial charge in [-0.3, -0.25) is 9.59 Å². The molecule has 0 radical (unpaired) electrons. The van der Waals surface area contributed by atoms with E-state index in [-0.39, 0.29) is 18.9 Å². The summed E-state index contributed by atoms with van der Waals surface area (Å²) in [5.74, 6) is -1.06. The highest BCUT2D eigenvalue weighted by Crippen LogP contribution is 2.39. The van der Waals surface area contributed by atoms with Crippen molar-refractivity contribution in [1.82, 2.24) is 4.90 Å². The Morgan fingerprint density at radius 1 is 1.15 bits per heavy atom. The lowest BCUT2D eigenvalue weighted by Gasteiger charge is -2.37. The number of carbonyl (C=O) groups is 2. The second-order valence-electron chi connectivity index (χ2n) is 6.60. The van der Waals surface area contributed by atoms with Gasteiger partial charge in [-0.15, -0.1) is 0 Å². The maximum Gasteiger partial charge on any atom is 0.310 e. The van der Waals surface area contributed by atoms with Gasteiger partial charge in [-0.25, -0.2) is 0 Å². The molecule has 116 valence electrons. The summed E-state index contributed by atoms with van der Waals surface area (Å²) in [4.78, 5) is 25.6. The van der Waals surface area contributed by atoms with E-state index in [0.29, 0.717) is 12.8 Å². The molecule has 2 N–H and O–H groups in total. The Labute approximate surface area is 121 Å². The molecule has 0 aromatic rings. The van der Waals surface area contributed by atoms with Crippen molar-refractivity contribution >= 4 is 11.9 Å². The third kappa shape index (κ3) is 3.72. The smallest absolute Gasteiger partial charge is 0.310 e. The van der Waals surface area contributed by atoms with Gasteiger partial charge >= 0.3 is 5.97 Å². The van der Waals surface area contributed by atoms with Crippen molar-refractivity contribution < 1.29 is 19.8 Å². The van der Waals surface area contributed by atoms with Crippen LogP contribution in [0, 0.1) is 5.41 Å². The van der Waals surface area contributed by atoms with Gasteiger partial charge in [-0.1, -0.05) is 25.7 Å². The van der Waals surface area contributed by atoms with Crippen LogP contribution in [0.3, 0.4) is 0 Å². The number of aliphatic carboxylic acids is 1. The number of amides is 1. The highest BCUT2D eigenvalue weighted by atomic mass is 16.4. The summed E-state index contributed by atoms with van der Waals surface area (Å²) in [5.41, 5.74) is -1.59. The normalized spacial score (nSPS) is 19.2. The highest BCUT2D eigenvalue weighted by molar-refractivity contribution is 5.85. The van der Waals surface area contributed by atoms with Crippen LogP contribution in [0.5, 0.6) is 0 Å². The zero-order valence-corrected chi connectivity index (χ0v) is 12.8. The molecular formula is C15H27NO4. The van der Waals surface area contributed by atoms with E-state index >= 15 is 0 Å². The standard InChI is InChI=1S/C15H27NO4/c1-14(2,11-17)16(3)12(18)10-15(13(19)20)8-6-4-5-7-9-15/h17H,4-11H2,1-3H3,(H,19,20). The molecule has 1 amide bonds. The average Bonchev–Trinajstić information content (AvgIpc) is 2.64. The lowest BCUT2D eigenvalue weighted by molar-refractivity contribution is -0.156. The van der Waals surface area contributed by atoms with Crippen molar-refractivity contribution in [2.45, 2.75) is 64.3 Å². The lowest BCUT2D eigenvalue weighted by Crippen LogP contribution is -2.49. The molecule has 0 aliphatic heterocycles. The first-order chi connectivity index (χ1) is 9.25. The second-order valence-corrected chi connectivity index (χ2v) is 6.60. The first-order valence-corrected chi connectivity index (χ1v) is 7.36. The topological polar surface area (TPSA) is 77.8 Å². The van der Waals surface area contributed by atoms with Crippen LogP contribution in [-0.4, -0.2) is 46.2 Å².